The maximum atomic E-state index is 12.2. The molecule has 6 heteroatoms. The number of fused-ring (bicyclic) bond motifs is 1. The zero-order chi connectivity index (χ0) is 17.8. The number of carbonyl (C=O) groups is 2. The number of benzene rings is 2. The smallest absolute Gasteiger partial charge is 0.348 e. The molecule has 1 atom stereocenters. The van der Waals surface area contributed by atoms with Gasteiger partial charge in [0.1, 0.15) is 4.88 Å². The third-order valence-corrected chi connectivity index (χ3v) is 4.89. The Kier molecular flexibility index (Phi) is 5.11. The number of esters is 1. The standard InChI is InChI=1S/C19H17NO4S/c1-24-19(23)17-9-8-16(25-17)18(22)20-11-15(21)14-7-6-12-4-2-3-5-13(12)10-14/h2-10,15,21H,11H2,1H3,(H,20,22). The molecule has 3 aromatic rings. The highest BCUT2D eigenvalue weighted by molar-refractivity contribution is 7.15. The van der Waals surface area contributed by atoms with E-state index >= 15 is 0 Å². The Bertz CT molecular complexity index is 918. The summed E-state index contributed by atoms with van der Waals surface area (Å²) in [5.74, 6) is -0.805. The molecular weight excluding hydrogens is 338 g/mol. The van der Waals surface area contributed by atoms with Crippen LogP contribution in [0.5, 0.6) is 0 Å². The zero-order valence-electron chi connectivity index (χ0n) is 13.6. The Balaban J connectivity index is 1.64. The molecule has 0 bridgehead atoms. The van der Waals surface area contributed by atoms with Gasteiger partial charge in [-0.3, -0.25) is 4.79 Å². The third-order valence-electron chi connectivity index (χ3n) is 3.83. The van der Waals surface area contributed by atoms with Gasteiger partial charge in [0, 0.05) is 6.54 Å². The minimum absolute atomic E-state index is 0.0859. The molecule has 25 heavy (non-hydrogen) atoms. The molecule has 1 amide bonds. The lowest BCUT2D eigenvalue weighted by Crippen LogP contribution is -2.27. The second-order valence-corrected chi connectivity index (χ2v) is 6.57. The van der Waals surface area contributed by atoms with Gasteiger partial charge in [-0.15, -0.1) is 11.3 Å². The Morgan fingerprint density at radius 3 is 2.56 bits per heavy atom. The van der Waals surface area contributed by atoms with E-state index in [1.807, 2.05) is 42.5 Å². The first-order valence-electron chi connectivity index (χ1n) is 7.71. The van der Waals surface area contributed by atoms with Crippen molar-refractivity contribution in [1.29, 1.82) is 0 Å². The van der Waals surface area contributed by atoms with Crippen molar-refractivity contribution in [2.75, 3.05) is 13.7 Å². The van der Waals surface area contributed by atoms with E-state index in [-0.39, 0.29) is 12.5 Å². The van der Waals surface area contributed by atoms with Gasteiger partial charge in [0.2, 0.25) is 0 Å². The van der Waals surface area contributed by atoms with E-state index < -0.39 is 12.1 Å². The number of amides is 1. The van der Waals surface area contributed by atoms with Gasteiger partial charge in [-0.05, 0) is 34.5 Å². The highest BCUT2D eigenvalue weighted by Crippen LogP contribution is 2.21. The number of hydrogen-bond acceptors (Lipinski definition) is 5. The van der Waals surface area contributed by atoms with Crippen molar-refractivity contribution >= 4 is 34.0 Å². The van der Waals surface area contributed by atoms with Crippen molar-refractivity contribution in [3.63, 3.8) is 0 Å². The Labute approximate surface area is 148 Å². The molecule has 0 fully saturated rings. The average Bonchev–Trinajstić information content (AvgIpc) is 3.15. The summed E-state index contributed by atoms with van der Waals surface area (Å²) in [6.45, 7) is 0.0859. The summed E-state index contributed by atoms with van der Waals surface area (Å²) in [6, 6.07) is 16.7. The molecule has 0 aliphatic carbocycles. The molecule has 1 heterocycles. The minimum Gasteiger partial charge on any atom is -0.465 e. The second-order valence-electron chi connectivity index (χ2n) is 5.49. The molecule has 0 aliphatic heterocycles. The fourth-order valence-corrected chi connectivity index (χ4v) is 3.32. The van der Waals surface area contributed by atoms with E-state index in [2.05, 4.69) is 10.1 Å². The van der Waals surface area contributed by atoms with Gasteiger partial charge in [0.05, 0.1) is 18.1 Å². The fourth-order valence-electron chi connectivity index (χ4n) is 2.48. The van der Waals surface area contributed by atoms with Gasteiger partial charge in [-0.1, -0.05) is 36.4 Å². The average molecular weight is 355 g/mol. The van der Waals surface area contributed by atoms with Crippen LogP contribution < -0.4 is 5.32 Å². The second kappa shape index (κ2) is 7.46. The molecule has 5 nitrogen and oxygen atoms in total. The van der Waals surface area contributed by atoms with Gasteiger partial charge in [-0.2, -0.15) is 0 Å². The number of carbonyl (C=O) groups excluding carboxylic acids is 2. The first-order chi connectivity index (χ1) is 12.1. The Morgan fingerprint density at radius 1 is 1.08 bits per heavy atom. The van der Waals surface area contributed by atoms with Crippen molar-refractivity contribution in [2.45, 2.75) is 6.10 Å². The Hall–Kier alpha value is -2.70. The van der Waals surface area contributed by atoms with Crippen molar-refractivity contribution in [3.8, 4) is 0 Å². The summed E-state index contributed by atoms with van der Waals surface area (Å²) in [7, 11) is 1.29. The molecule has 128 valence electrons. The van der Waals surface area contributed by atoms with Crippen LogP contribution in [-0.2, 0) is 4.74 Å². The molecular formula is C19H17NO4S. The molecule has 1 aromatic heterocycles. The largest absolute Gasteiger partial charge is 0.465 e. The predicted molar refractivity (Wildman–Crippen MR) is 96.9 cm³/mol. The van der Waals surface area contributed by atoms with Crippen LogP contribution in [0, 0.1) is 0 Å². The number of rotatable bonds is 5. The first-order valence-corrected chi connectivity index (χ1v) is 8.53. The highest BCUT2D eigenvalue weighted by atomic mass is 32.1. The van der Waals surface area contributed by atoms with E-state index in [4.69, 9.17) is 0 Å². The van der Waals surface area contributed by atoms with Crippen LogP contribution >= 0.6 is 11.3 Å². The quantitative estimate of drug-likeness (QED) is 0.690. The number of ether oxygens (including phenoxy) is 1. The summed E-state index contributed by atoms with van der Waals surface area (Å²) < 4.78 is 4.62. The maximum Gasteiger partial charge on any atom is 0.348 e. The number of aliphatic hydroxyl groups excluding tert-OH is 1. The van der Waals surface area contributed by atoms with Gasteiger partial charge >= 0.3 is 5.97 Å². The van der Waals surface area contributed by atoms with Crippen molar-refractivity contribution in [1.82, 2.24) is 5.32 Å². The predicted octanol–water partition coefficient (Wildman–Crippen LogP) is 3.15. The number of nitrogens with one attached hydrogen (secondary N) is 1. The van der Waals surface area contributed by atoms with E-state index in [1.165, 1.54) is 7.11 Å². The molecule has 0 saturated carbocycles. The van der Waals surface area contributed by atoms with Crippen LogP contribution in [-0.4, -0.2) is 30.6 Å². The number of aliphatic hydroxyl groups is 1. The lowest BCUT2D eigenvalue weighted by molar-refractivity contribution is 0.0606. The van der Waals surface area contributed by atoms with Gasteiger partial charge in [-0.25, -0.2) is 4.79 Å². The lowest BCUT2D eigenvalue weighted by atomic mass is 10.0. The highest BCUT2D eigenvalue weighted by Gasteiger charge is 2.15. The topological polar surface area (TPSA) is 75.6 Å². The zero-order valence-corrected chi connectivity index (χ0v) is 14.4. The van der Waals surface area contributed by atoms with Gasteiger partial charge in [0.15, 0.2) is 0 Å². The Morgan fingerprint density at radius 2 is 1.80 bits per heavy atom. The monoisotopic (exact) mass is 355 g/mol. The molecule has 0 saturated heterocycles. The van der Waals surface area contributed by atoms with E-state index in [0.717, 1.165) is 27.7 Å². The fraction of sp³-hybridized carbons (Fsp3) is 0.158. The van der Waals surface area contributed by atoms with Crippen LogP contribution in [0.2, 0.25) is 0 Å². The van der Waals surface area contributed by atoms with Crippen molar-refractivity contribution in [2.24, 2.45) is 0 Å². The van der Waals surface area contributed by atoms with Crippen LogP contribution in [0.15, 0.2) is 54.6 Å². The first kappa shape index (κ1) is 17.1. The summed E-state index contributed by atoms with van der Waals surface area (Å²) in [6.07, 6.45) is -0.811. The van der Waals surface area contributed by atoms with Gasteiger partial charge in [0.25, 0.3) is 5.91 Å². The van der Waals surface area contributed by atoms with Crippen LogP contribution in [0.4, 0.5) is 0 Å². The van der Waals surface area contributed by atoms with Crippen molar-refractivity contribution in [3.05, 3.63) is 69.9 Å². The molecule has 2 aromatic carbocycles. The SMILES string of the molecule is COC(=O)c1ccc(C(=O)NCC(O)c2ccc3ccccc3c2)s1. The summed E-state index contributed by atoms with van der Waals surface area (Å²) in [5, 5.41) is 15.1. The normalized spacial score (nSPS) is 11.9. The minimum atomic E-state index is -0.811. The van der Waals surface area contributed by atoms with E-state index in [9.17, 15) is 14.7 Å². The molecule has 1 unspecified atom stereocenters. The van der Waals surface area contributed by atoms with Crippen molar-refractivity contribution < 1.29 is 19.4 Å². The molecule has 0 aliphatic rings. The third kappa shape index (κ3) is 3.87. The van der Waals surface area contributed by atoms with Crippen LogP contribution in [0.25, 0.3) is 10.8 Å². The molecule has 3 rings (SSSR count). The number of hydrogen-bond donors (Lipinski definition) is 2. The summed E-state index contributed by atoms with van der Waals surface area (Å²) >= 11 is 1.05. The number of thiophene rings is 1. The summed E-state index contributed by atoms with van der Waals surface area (Å²) in [5.41, 5.74) is 0.737. The maximum absolute atomic E-state index is 12.2. The van der Waals surface area contributed by atoms with Crippen LogP contribution in [0.1, 0.15) is 31.0 Å². The molecule has 0 spiro atoms. The lowest BCUT2D eigenvalue weighted by Gasteiger charge is -2.12. The number of methoxy groups -OCH3 is 1. The summed E-state index contributed by atoms with van der Waals surface area (Å²) in [4.78, 5) is 24.3. The molecule has 2 N–H and O–H groups in total. The van der Waals surface area contributed by atoms with E-state index in [0.29, 0.717) is 9.75 Å². The van der Waals surface area contributed by atoms with Gasteiger partial charge < -0.3 is 15.2 Å². The van der Waals surface area contributed by atoms with E-state index in [1.54, 1.807) is 12.1 Å². The van der Waals surface area contributed by atoms with Crippen LogP contribution in [0.3, 0.4) is 0 Å². The molecule has 0 radical (unpaired) electrons.